The Morgan fingerprint density at radius 3 is 2.32 bits per heavy atom. The number of rotatable bonds is 4. The normalized spacial score (nSPS) is 12.1. The van der Waals surface area contributed by atoms with Crippen LogP contribution in [0.1, 0.15) is 21.9 Å². The van der Waals surface area contributed by atoms with E-state index in [1.807, 2.05) is 36.4 Å². The Kier molecular flexibility index (Phi) is 4.27. The van der Waals surface area contributed by atoms with Crippen LogP contribution in [0.2, 0.25) is 0 Å². The third-order valence-corrected chi connectivity index (χ3v) is 4.36. The van der Waals surface area contributed by atoms with Crippen LogP contribution in [0.25, 0.3) is 0 Å². The van der Waals surface area contributed by atoms with Gasteiger partial charge in [0.2, 0.25) is 5.91 Å². The number of carbonyl (C=O) groups excluding carboxylic acids is 1. The van der Waals surface area contributed by atoms with Gasteiger partial charge in [-0.15, -0.1) is 11.8 Å². The topological polar surface area (TPSA) is 43.1 Å². The van der Waals surface area contributed by atoms with Crippen LogP contribution in [0.5, 0.6) is 0 Å². The van der Waals surface area contributed by atoms with Crippen molar-refractivity contribution in [3.05, 3.63) is 65.2 Å². The average molecular weight is 271 g/mol. The molecule has 1 unspecified atom stereocenters. The molecule has 2 N–H and O–H groups in total. The first-order valence-corrected chi connectivity index (χ1v) is 7.04. The van der Waals surface area contributed by atoms with Crippen molar-refractivity contribution in [3.63, 3.8) is 0 Å². The van der Waals surface area contributed by atoms with E-state index in [1.54, 1.807) is 0 Å². The van der Waals surface area contributed by atoms with Crippen molar-refractivity contribution in [3.8, 4) is 0 Å². The summed E-state index contributed by atoms with van der Waals surface area (Å²) in [6, 6.07) is 15.8. The van der Waals surface area contributed by atoms with Crippen molar-refractivity contribution in [2.24, 2.45) is 5.73 Å². The lowest BCUT2D eigenvalue weighted by atomic mass is 10.1. The Hall–Kier alpha value is -1.74. The van der Waals surface area contributed by atoms with E-state index in [9.17, 15) is 4.79 Å². The fourth-order valence-corrected chi connectivity index (χ4v) is 2.91. The van der Waals surface area contributed by atoms with Gasteiger partial charge in [-0.3, -0.25) is 4.79 Å². The number of hydrogen-bond acceptors (Lipinski definition) is 2. The second-order valence-electron chi connectivity index (χ2n) is 4.56. The Morgan fingerprint density at radius 1 is 1.05 bits per heavy atom. The summed E-state index contributed by atoms with van der Waals surface area (Å²) in [4.78, 5) is 12.7. The highest BCUT2D eigenvalue weighted by atomic mass is 32.2. The minimum atomic E-state index is -0.344. The molecule has 2 nitrogen and oxygen atoms in total. The maximum Gasteiger partial charge on any atom is 0.235 e. The summed E-state index contributed by atoms with van der Waals surface area (Å²) < 4.78 is 0. The van der Waals surface area contributed by atoms with Gasteiger partial charge in [-0.2, -0.15) is 0 Å². The molecule has 2 rings (SSSR count). The average Bonchev–Trinajstić information content (AvgIpc) is 2.40. The molecule has 1 atom stereocenters. The molecule has 3 heteroatoms. The zero-order chi connectivity index (χ0) is 13.8. The van der Waals surface area contributed by atoms with E-state index >= 15 is 0 Å². The lowest BCUT2D eigenvalue weighted by Crippen LogP contribution is -2.18. The summed E-state index contributed by atoms with van der Waals surface area (Å²) >= 11 is 1.50. The van der Waals surface area contributed by atoms with Gasteiger partial charge >= 0.3 is 0 Å². The Labute approximate surface area is 118 Å². The highest BCUT2D eigenvalue weighted by molar-refractivity contribution is 8.00. The highest BCUT2D eigenvalue weighted by Crippen LogP contribution is 2.35. The molecule has 19 heavy (non-hydrogen) atoms. The molecule has 0 heterocycles. The van der Waals surface area contributed by atoms with Gasteiger partial charge in [-0.05, 0) is 42.7 Å². The predicted molar refractivity (Wildman–Crippen MR) is 80.2 cm³/mol. The second-order valence-corrected chi connectivity index (χ2v) is 5.74. The largest absolute Gasteiger partial charge is 0.368 e. The van der Waals surface area contributed by atoms with Crippen molar-refractivity contribution in [2.75, 3.05) is 0 Å². The van der Waals surface area contributed by atoms with Crippen molar-refractivity contribution in [1.82, 2.24) is 0 Å². The standard InChI is InChI=1S/C16H17NOS/c1-11-8-9-14(10-12(11)2)19-15(16(17)18)13-6-4-3-5-7-13/h3-10,15H,1-2H3,(H2,17,18). The van der Waals surface area contributed by atoms with Gasteiger partial charge in [0.15, 0.2) is 0 Å². The van der Waals surface area contributed by atoms with Gasteiger partial charge < -0.3 is 5.73 Å². The number of amides is 1. The first-order chi connectivity index (χ1) is 9.08. The molecule has 0 saturated heterocycles. The molecule has 0 aliphatic carbocycles. The number of thioether (sulfide) groups is 1. The van der Waals surface area contributed by atoms with Crippen molar-refractivity contribution in [2.45, 2.75) is 24.0 Å². The van der Waals surface area contributed by atoms with Crippen LogP contribution in [0, 0.1) is 13.8 Å². The number of carbonyl (C=O) groups is 1. The summed E-state index contributed by atoms with van der Waals surface area (Å²) in [5.74, 6) is -0.311. The van der Waals surface area contributed by atoms with Crippen LogP contribution in [0.4, 0.5) is 0 Å². The quantitative estimate of drug-likeness (QED) is 0.863. The SMILES string of the molecule is Cc1ccc(SC(C(N)=O)c2ccccc2)cc1C. The summed E-state index contributed by atoms with van der Waals surface area (Å²) in [5, 5.41) is -0.344. The fourth-order valence-electron chi connectivity index (χ4n) is 1.84. The summed E-state index contributed by atoms with van der Waals surface area (Å²) in [6.45, 7) is 4.15. The van der Waals surface area contributed by atoms with Crippen molar-refractivity contribution in [1.29, 1.82) is 0 Å². The first-order valence-electron chi connectivity index (χ1n) is 6.16. The van der Waals surface area contributed by atoms with Gasteiger partial charge in [-0.1, -0.05) is 36.4 Å². The van der Waals surface area contributed by atoms with Crippen LogP contribution < -0.4 is 5.73 Å². The van der Waals surface area contributed by atoms with Crippen LogP contribution in [0.3, 0.4) is 0 Å². The molecule has 2 aromatic carbocycles. The first kappa shape index (κ1) is 13.7. The predicted octanol–water partition coefficient (Wildman–Crippen LogP) is 3.62. The second kappa shape index (κ2) is 5.93. The summed E-state index contributed by atoms with van der Waals surface area (Å²) in [7, 11) is 0. The molecule has 1 amide bonds. The molecule has 98 valence electrons. The maximum atomic E-state index is 11.7. The van der Waals surface area contributed by atoms with E-state index in [-0.39, 0.29) is 11.2 Å². The number of benzene rings is 2. The van der Waals surface area contributed by atoms with Crippen molar-refractivity contribution >= 4 is 17.7 Å². The molecular formula is C16H17NOS. The maximum absolute atomic E-state index is 11.7. The third kappa shape index (κ3) is 3.38. The summed E-state index contributed by atoms with van der Waals surface area (Å²) in [5.41, 5.74) is 8.94. The molecule has 0 spiro atoms. The van der Waals surface area contributed by atoms with E-state index in [1.165, 1.54) is 22.9 Å². The minimum absolute atomic E-state index is 0.311. The molecule has 0 aliphatic rings. The van der Waals surface area contributed by atoms with Gasteiger partial charge in [0.05, 0.1) is 0 Å². The molecule has 0 bridgehead atoms. The Balaban J connectivity index is 2.27. The molecular weight excluding hydrogens is 254 g/mol. The van der Waals surface area contributed by atoms with Crippen LogP contribution in [0.15, 0.2) is 53.4 Å². The van der Waals surface area contributed by atoms with Gasteiger partial charge in [0, 0.05) is 4.90 Å². The monoisotopic (exact) mass is 271 g/mol. The Morgan fingerprint density at radius 2 is 1.74 bits per heavy atom. The lowest BCUT2D eigenvalue weighted by molar-refractivity contribution is -0.117. The van der Waals surface area contributed by atoms with E-state index in [2.05, 4.69) is 26.0 Å². The lowest BCUT2D eigenvalue weighted by Gasteiger charge is -2.14. The Bertz CT molecular complexity index is 581. The number of primary amides is 1. The van der Waals surface area contributed by atoms with Crippen molar-refractivity contribution < 1.29 is 4.79 Å². The van der Waals surface area contributed by atoms with Gasteiger partial charge in [0.25, 0.3) is 0 Å². The van der Waals surface area contributed by atoms with Gasteiger partial charge in [-0.25, -0.2) is 0 Å². The highest BCUT2D eigenvalue weighted by Gasteiger charge is 2.19. The zero-order valence-corrected chi connectivity index (χ0v) is 11.9. The van der Waals surface area contributed by atoms with Gasteiger partial charge in [0.1, 0.15) is 5.25 Å². The number of hydrogen-bond donors (Lipinski definition) is 1. The molecule has 0 saturated carbocycles. The minimum Gasteiger partial charge on any atom is -0.368 e. The molecule has 0 aliphatic heterocycles. The smallest absolute Gasteiger partial charge is 0.235 e. The van der Waals surface area contributed by atoms with Crippen LogP contribution in [-0.4, -0.2) is 5.91 Å². The number of nitrogens with two attached hydrogens (primary N) is 1. The molecule has 0 radical (unpaired) electrons. The van der Waals surface area contributed by atoms with E-state index in [4.69, 9.17) is 5.73 Å². The van der Waals surface area contributed by atoms with E-state index in [0.29, 0.717) is 0 Å². The van der Waals surface area contributed by atoms with Crippen LogP contribution >= 0.6 is 11.8 Å². The van der Waals surface area contributed by atoms with E-state index in [0.717, 1.165) is 10.5 Å². The van der Waals surface area contributed by atoms with E-state index < -0.39 is 0 Å². The van der Waals surface area contributed by atoms with Crippen LogP contribution in [-0.2, 0) is 4.79 Å². The number of aryl methyl sites for hydroxylation is 2. The summed E-state index contributed by atoms with van der Waals surface area (Å²) in [6.07, 6.45) is 0. The molecule has 0 aromatic heterocycles. The third-order valence-electron chi connectivity index (χ3n) is 3.09. The zero-order valence-electron chi connectivity index (χ0n) is 11.1. The molecule has 0 fully saturated rings. The fraction of sp³-hybridized carbons (Fsp3) is 0.188. The molecule has 2 aromatic rings.